The molecule has 4 nitrogen and oxygen atoms in total. The van der Waals surface area contributed by atoms with Crippen LogP contribution in [0.15, 0.2) is 24.3 Å². The molecular weight excluding hydrogens is 288 g/mol. The smallest absolute Gasteiger partial charge is 0.119 e. The molecule has 0 spiro atoms. The minimum absolute atomic E-state index is 0. The Morgan fingerprint density at radius 1 is 1.29 bits per heavy atom. The van der Waals surface area contributed by atoms with Crippen LogP contribution in [0.1, 0.15) is 19.4 Å². The first-order valence-corrected chi connectivity index (χ1v) is 7.37. The number of benzene rings is 1. The SMILES string of the molecule is COCCOc1cccc(CN2CC(C)NCC2C)c1.Cl. The Morgan fingerprint density at radius 2 is 2.10 bits per heavy atom. The molecule has 2 rings (SSSR count). The van der Waals surface area contributed by atoms with Gasteiger partial charge >= 0.3 is 0 Å². The number of nitrogens with one attached hydrogen (secondary N) is 1. The summed E-state index contributed by atoms with van der Waals surface area (Å²) in [6, 6.07) is 9.51. The van der Waals surface area contributed by atoms with Crippen molar-refractivity contribution in [2.24, 2.45) is 0 Å². The van der Waals surface area contributed by atoms with Gasteiger partial charge in [-0.2, -0.15) is 0 Å². The zero-order valence-corrected chi connectivity index (χ0v) is 14.0. The van der Waals surface area contributed by atoms with Crippen molar-refractivity contribution < 1.29 is 9.47 Å². The number of ether oxygens (including phenoxy) is 2. The van der Waals surface area contributed by atoms with Gasteiger partial charge < -0.3 is 14.8 Å². The quantitative estimate of drug-likeness (QED) is 0.817. The van der Waals surface area contributed by atoms with Gasteiger partial charge in [0.05, 0.1) is 6.61 Å². The van der Waals surface area contributed by atoms with Crippen molar-refractivity contribution in [1.29, 1.82) is 0 Å². The maximum Gasteiger partial charge on any atom is 0.119 e. The van der Waals surface area contributed by atoms with E-state index in [0.29, 0.717) is 25.3 Å². The highest BCUT2D eigenvalue weighted by molar-refractivity contribution is 5.85. The predicted molar refractivity (Wildman–Crippen MR) is 88.4 cm³/mol. The standard InChI is InChI=1S/C16H26N2O2.ClH/c1-13-11-18(14(2)10-17-13)12-15-5-4-6-16(9-15)20-8-7-19-3;/h4-6,9,13-14,17H,7-8,10-12H2,1-3H3;1H. The lowest BCUT2D eigenvalue weighted by atomic mass is 10.1. The lowest BCUT2D eigenvalue weighted by Gasteiger charge is -2.37. The van der Waals surface area contributed by atoms with Crippen LogP contribution >= 0.6 is 12.4 Å². The molecule has 2 unspecified atom stereocenters. The molecule has 0 aliphatic carbocycles. The maximum atomic E-state index is 5.67. The number of hydrogen-bond donors (Lipinski definition) is 1. The molecule has 1 aliphatic heterocycles. The molecule has 0 bridgehead atoms. The van der Waals surface area contributed by atoms with Gasteiger partial charge in [-0.3, -0.25) is 4.90 Å². The third-order valence-corrected chi connectivity index (χ3v) is 3.73. The third kappa shape index (κ3) is 5.83. The maximum absolute atomic E-state index is 5.67. The number of piperazine rings is 1. The molecule has 1 aromatic carbocycles. The average Bonchev–Trinajstić information content (AvgIpc) is 2.44. The highest BCUT2D eigenvalue weighted by Crippen LogP contribution is 2.17. The van der Waals surface area contributed by atoms with Gasteiger partial charge in [-0.05, 0) is 31.5 Å². The zero-order valence-electron chi connectivity index (χ0n) is 13.2. The van der Waals surface area contributed by atoms with Gasteiger partial charge in [-0.1, -0.05) is 12.1 Å². The molecule has 21 heavy (non-hydrogen) atoms. The van der Waals surface area contributed by atoms with Crippen LogP contribution in [0, 0.1) is 0 Å². The Kier molecular flexibility index (Phi) is 8.04. The van der Waals surface area contributed by atoms with Crippen LogP contribution in [-0.2, 0) is 11.3 Å². The van der Waals surface area contributed by atoms with E-state index in [2.05, 4.69) is 42.3 Å². The lowest BCUT2D eigenvalue weighted by molar-refractivity contribution is 0.138. The summed E-state index contributed by atoms with van der Waals surface area (Å²) in [6.07, 6.45) is 0. The lowest BCUT2D eigenvalue weighted by Crippen LogP contribution is -2.53. The van der Waals surface area contributed by atoms with Crippen molar-refractivity contribution in [2.75, 3.05) is 33.4 Å². The summed E-state index contributed by atoms with van der Waals surface area (Å²) in [5.41, 5.74) is 1.31. The fraction of sp³-hybridized carbons (Fsp3) is 0.625. The number of rotatable bonds is 6. The number of nitrogens with zero attached hydrogens (tertiary/aromatic N) is 1. The summed E-state index contributed by atoms with van der Waals surface area (Å²) in [5.74, 6) is 0.926. The zero-order chi connectivity index (χ0) is 14.4. The molecule has 0 aromatic heterocycles. The van der Waals surface area contributed by atoms with Crippen LogP contribution in [0.4, 0.5) is 0 Å². The van der Waals surface area contributed by atoms with E-state index < -0.39 is 0 Å². The predicted octanol–water partition coefficient (Wildman–Crippen LogP) is 2.32. The summed E-state index contributed by atoms with van der Waals surface area (Å²) in [4.78, 5) is 2.52. The van der Waals surface area contributed by atoms with E-state index in [9.17, 15) is 0 Å². The van der Waals surface area contributed by atoms with Gasteiger partial charge in [-0.15, -0.1) is 12.4 Å². The van der Waals surface area contributed by atoms with E-state index in [1.54, 1.807) is 7.11 Å². The molecule has 1 fully saturated rings. The first-order valence-electron chi connectivity index (χ1n) is 7.37. The Bertz CT molecular complexity index is 417. The molecule has 120 valence electrons. The summed E-state index contributed by atoms with van der Waals surface area (Å²) in [7, 11) is 1.69. The molecule has 0 radical (unpaired) electrons. The van der Waals surface area contributed by atoms with E-state index in [4.69, 9.17) is 9.47 Å². The van der Waals surface area contributed by atoms with Gasteiger partial charge in [0.25, 0.3) is 0 Å². The molecule has 2 atom stereocenters. The third-order valence-electron chi connectivity index (χ3n) is 3.73. The summed E-state index contributed by atoms with van der Waals surface area (Å²) >= 11 is 0. The highest BCUT2D eigenvalue weighted by atomic mass is 35.5. The molecule has 1 aliphatic rings. The highest BCUT2D eigenvalue weighted by Gasteiger charge is 2.22. The van der Waals surface area contributed by atoms with Crippen molar-refractivity contribution in [2.45, 2.75) is 32.5 Å². The number of methoxy groups -OCH3 is 1. The Morgan fingerprint density at radius 3 is 2.86 bits per heavy atom. The molecule has 1 heterocycles. The van der Waals surface area contributed by atoms with E-state index in [0.717, 1.165) is 25.4 Å². The average molecular weight is 315 g/mol. The van der Waals surface area contributed by atoms with Gasteiger partial charge in [0.2, 0.25) is 0 Å². The van der Waals surface area contributed by atoms with Crippen LogP contribution in [0.2, 0.25) is 0 Å². The molecule has 1 aromatic rings. The van der Waals surface area contributed by atoms with Crippen molar-refractivity contribution >= 4 is 12.4 Å². The van der Waals surface area contributed by atoms with E-state index >= 15 is 0 Å². The molecule has 0 saturated carbocycles. The normalized spacial score (nSPS) is 22.6. The van der Waals surface area contributed by atoms with Crippen LogP contribution < -0.4 is 10.1 Å². The first-order chi connectivity index (χ1) is 9.69. The number of hydrogen-bond acceptors (Lipinski definition) is 4. The fourth-order valence-corrected chi connectivity index (χ4v) is 2.53. The Labute approximate surface area is 134 Å². The molecule has 1 saturated heterocycles. The second-order valence-corrected chi connectivity index (χ2v) is 5.58. The van der Waals surface area contributed by atoms with Crippen LogP contribution in [-0.4, -0.2) is 50.4 Å². The minimum Gasteiger partial charge on any atom is -0.491 e. The minimum atomic E-state index is 0. The van der Waals surface area contributed by atoms with Gasteiger partial charge in [0.15, 0.2) is 0 Å². The van der Waals surface area contributed by atoms with E-state index in [1.807, 2.05) is 6.07 Å². The topological polar surface area (TPSA) is 33.7 Å². The van der Waals surface area contributed by atoms with Crippen LogP contribution in [0.25, 0.3) is 0 Å². The van der Waals surface area contributed by atoms with E-state index in [1.165, 1.54) is 5.56 Å². The monoisotopic (exact) mass is 314 g/mol. The largest absolute Gasteiger partial charge is 0.491 e. The molecule has 5 heteroatoms. The van der Waals surface area contributed by atoms with Crippen LogP contribution in [0.5, 0.6) is 5.75 Å². The number of halogens is 1. The van der Waals surface area contributed by atoms with Crippen LogP contribution in [0.3, 0.4) is 0 Å². The fourth-order valence-electron chi connectivity index (χ4n) is 2.53. The van der Waals surface area contributed by atoms with Crippen molar-refractivity contribution in [3.63, 3.8) is 0 Å². The Balaban J connectivity index is 0.00000220. The second kappa shape index (κ2) is 9.26. The van der Waals surface area contributed by atoms with Crippen molar-refractivity contribution in [3.8, 4) is 5.75 Å². The van der Waals surface area contributed by atoms with Gasteiger partial charge in [0.1, 0.15) is 12.4 Å². The van der Waals surface area contributed by atoms with Crippen molar-refractivity contribution in [1.82, 2.24) is 10.2 Å². The van der Waals surface area contributed by atoms with Gasteiger partial charge in [-0.25, -0.2) is 0 Å². The second-order valence-electron chi connectivity index (χ2n) is 5.58. The molecule has 0 amide bonds. The molecule has 1 N–H and O–H groups in total. The summed E-state index contributed by atoms with van der Waals surface area (Å²) in [5, 5.41) is 3.51. The first kappa shape index (κ1) is 18.2. The van der Waals surface area contributed by atoms with Gasteiger partial charge in [0, 0.05) is 38.8 Å². The summed E-state index contributed by atoms with van der Waals surface area (Å²) < 4.78 is 10.7. The molecular formula is C16H27ClN2O2. The summed E-state index contributed by atoms with van der Waals surface area (Å²) in [6.45, 7) is 8.87. The van der Waals surface area contributed by atoms with E-state index in [-0.39, 0.29) is 12.4 Å². The Hall–Kier alpha value is -0.810. The van der Waals surface area contributed by atoms with Crippen molar-refractivity contribution in [3.05, 3.63) is 29.8 Å².